The maximum atomic E-state index is 9.04. The fourth-order valence-corrected chi connectivity index (χ4v) is 2.43. The predicted octanol–water partition coefficient (Wildman–Crippen LogP) is 1.90. The zero-order valence-electron chi connectivity index (χ0n) is 10.9. The summed E-state index contributed by atoms with van der Waals surface area (Å²) < 4.78 is 7.17. The Morgan fingerprint density at radius 1 is 1.47 bits per heavy atom. The number of hydrogen-bond acceptors (Lipinski definition) is 4. The number of methoxy groups -OCH3 is 1. The average molecular weight is 259 g/mol. The molecule has 0 spiro atoms. The van der Waals surface area contributed by atoms with Crippen LogP contribution in [0.3, 0.4) is 0 Å². The Morgan fingerprint density at radius 3 is 3.05 bits per heavy atom. The van der Waals surface area contributed by atoms with Crippen molar-refractivity contribution in [2.75, 3.05) is 13.7 Å². The van der Waals surface area contributed by atoms with Crippen LogP contribution in [0.2, 0.25) is 0 Å². The molecule has 0 amide bonds. The molecular weight excluding hydrogens is 242 g/mol. The molecule has 0 saturated heterocycles. The first-order chi connectivity index (χ1) is 9.30. The van der Waals surface area contributed by atoms with Gasteiger partial charge >= 0.3 is 0 Å². The lowest BCUT2D eigenvalue weighted by molar-refractivity contribution is 0.105. The monoisotopic (exact) mass is 259 g/mol. The van der Waals surface area contributed by atoms with E-state index in [1.807, 2.05) is 29.2 Å². The van der Waals surface area contributed by atoms with Crippen molar-refractivity contribution in [2.45, 2.75) is 18.9 Å². The first kappa shape index (κ1) is 12.2. The van der Waals surface area contributed by atoms with Crippen LogP contribution in [0.25, 0.3) is 11.3 Å². The van der Waals surface area contributed by atoms with Crippen molar-refractivity contribution in [3.63, 3.8) is 0 Å². The maximum Gasteiger partial charge on any atom is 0.122 e. The van der Waals surface area contributed by atoms with Crippen molar-refractivity contribution in [1.82, 2.24) is 14.8 Å². The van der Waals surface area contributed by atoms with Gasteiger partial charge in [0.25, 0.3) is 0 Å². The molecule has 0 bridgehead atoms. The molecule has 0 atom stereocenters. The van der Waals surface area contributed by atoms with E-state index in [4.69, 9.17) is 9.84 Å². The molecule has 0 radical (unpaired) electrons. The van der Waals surface area contributed by atoms with E-state index in [0.717, 1.165) is 29.8 Å². The summed E-state index contributed by atoms with van der Waals surface area (Å²) in [6.07, 6.45) is 7.58. The van der Waals surface area contributed by atoms with E-state index < -0.39 is 0 Å². The van der Waals surface area contributed by atoms with Crippen molar-refractivity contribution in [3.8, 4) is 17.0 Å². The summed E-state index contributed by atoms with van der Waals surface area (Å²) in [7, 11) is 1.64. The Hall–Kier alpha value is -1.88. The van der Waals surface area contributed by atoms with Crippen LogP contribution < -0.4 is 4.74 Å². The van der Waals surface area contributed by atoms with Crippen LogP contribution >= 0.6 is 0 Å². The van der Waals surface area contributed by atoms with Gasteiger partial charge in [-0.15, -0.1) is 0 Å². The summed E-state index contributed by atoms with van der Waals surface area (Å²) in [6, 6.07) is 4.14. The third kappa shape index (κ3) is 2.33. The summed E-state index contributed by atoms with van der Waals surface area (Å²) in [5.74, 6) is 1.23. The molecule has 1 aliphatic rings. The van der Waals surface area contributed by atoms with Gasteiger partial charge in [0.2, 0.25) is 0 Å². The van der Waals surface area contributed by atoms with Crippen molar-refractivity contribution in [2.24, 2.45) is 5.92 Å². The summed E-state index contributed by atoms with van der Waals surface area (Å²) >= 11 is 0. The van der Waals surface area contributed by atoms with Crippen molar-refractivity contribution in [1.29, 1.82) is 0 Å². The number of hydrogen-bond donors (Lipinski definition) is 1. The molecular formula is C14H17N3O2. The number of ether oxygens (including phenoxy) is 1. The molecule has 5 nitrogen and oxygen atoms in total. The Balaban J connectivity index is 1.77. The first-order valence-corrected chi connectivity index (χ1v) is 6.45. The van der Waals surface area contributed by atoms with Crippen molar-refractivity contribution in [3.05, 3.63) is 30.7 Å². The first-order valence-electron chi connectivity index (χ1n) is 6.45. The highest BCUT2D eigenvalue weighted by Gasteiger charge is 2.30. The quantitative estimate of drug-likeness (QED) is 0.911. The second-order valence-corrected chi connectivity index (χ2v) is 4.96. The van der Waals surface area contributed by atoms with Gasteiger partial charge in [0.1, 0.15) is 5.75 Å². The molecule has 2 aromatic rings. The number of rotatable bonds is 4. The van der Waals surface area contributed by atoms with Crippen molar-refractivity contribution < 1.29 is 9.84 Å². The highest BCUT2D eigenvalue weighted by atomic mass is 16.5. The van der Waals surface area contributed by atoms with Crippen LogP contribution in [-0.4, -0.2) is 33.6 Å². The zero-order valence-corrected chi connectivity index (χ0v) is 10.9. The average Bonchev–Trinajstić information content (AvgIpc) is 2.87. The van der Waals surface area contributed by atoms with Crippen LogP contribution in [0.15, 0.2) is 30.7 Å². The normalized spacial score (nSPS) is 22.0. The van der Waals surface area contributed by atoms with Gasteiger partial charge in [-0.1, -0.05) is 0 Å². The minimum absolute atomic E-state index is 0.280. The Labute approximate surface area is 111 Å². The Bertz CT molecular complexity index is 561. The SMILES string of the molecule is COc1ccnc(-c2cnn(C3CC(CO)C3)c2)c1. The van der Waals surface area contributed by atoms with Gasteiger partial charge in [0.15, 0.2) is 0 Å². The van der Waals surface area contributed by atoms with Crippen molar-refractivity contribution >= 4 is 0 Å². The Morgan fingerprint density at radius 2 is 2.32 bits per heavy atom. The molecule has 0 unspecified atom stereocenters. The second kappa shape index (κ2) is 5.01. The topological polar surface area (TPSA) is 60.2 Å². The molecule has 1 fully saturated rings. The van der Waals surface area contributed by atoms with Crippen LogP contribution in [0.4, 0.5) is 0 Å². The minimum Gasteiger partial charge on any atom is -0.497 e. The standard InChI is InChI=1S/C14H17N3O2/c1-19-13-2-3-15-14(6-13)11-7-16-17(8-11)12-4-10(5-12)9-18/h2-3,6-8,10,12,18H,4-5,9H2,1H3. The largest absolute Gasteiger partial charge is 0.497 e. The Kier molecular flexibility index (Phi) is 3.21. The van der Waals surface area contributed by atoms with Gasteiger partial charge < -0.3 is 9.84 Å². The molecule has 1 saturated carbocycles. The van der Waals surface area contributed by atoms with E-state index in [1.54, 1.807) is 13.3 Å². The van der Waals surface area contributed by atoms with E-state index in [1.165, 1.54) is 0 Å². The van der Waals surface area contributed by atoms with Crippen LogP contribution in [-0.2, 0) is 0 Å². The molecule has 2 heterocycles. The summed E-state index contributed by atoms with van der Waals surface area (Å²) in [6.45, 7) is 0.280. The lowest BCUT2D eigenvalue weighted by Gasteiger charge is -2.33. The summed E-state index contributed by atoms with van der Waals surface area (Å²) in [4.78, 5) is 4.33. The highest BCUT2D eigenvalue weighted by molar-refractivity contribution is 5.58. The maximum absolute atomic E-state index is 9.04. The molecule has 2 aromatic heterocycles. The smallest absolute Gasteiger partial charge is 0.122 e. The number of aliphatic hydroxyl groups is 1. The molecule has 3 rings (SSSR count). The molecule has 1 aliphatic carbocycles. The van der Waals surface area contributed by atoms with Gasteiger partial charge in [-0.3, -0.25) is 9.67 Å². The van der Waals surface area contributed by atoms with Crippen LogP contribution in [0, 0.1) is 5.92 Å². The third-order valence-corrected chi connectivity index (χ3v) is 3.71. The highest BCUT2D eigenvalue weighted by Crippen LogP contribution is 2.37. The van der Waals surface area contributed by atoms with Gasteiger partial charge in [0, 0.05) is 30.6 Å². The fourth-order valence-electron chi connectivity index (χ4n) is 2.43. The molecule has 100 valence electrons. The fraction of sp³-hybridized carbons (Fsp3) is 0.429. The summed E-state index contributed by atoms with van der Waals surface area (Å²) in [5.41, 5.74) is 1.86. The van der Waals surface area contributed by atoms with Gasteiger partial charge in [-0.25, -0.2) is 0 Å². The van der Waals surface area contributed by atoms with Gasteiger partial charge in [-0.2, -0.15) is 5.10 Å². The summed E-state index contributed by atoms with van der Waals surface area (Å²) in [5, 5.41) is 13.4. The van der Waals surface area contributed by atoms with Gasteiger partial charge in [0.05, 0.1) is 25.0 Å². The third-order valence-electron chi connectivity index (χ3n) is 3.71. The van der Waals surface area contributed by atoms with E-state index in [0.29, 0.717) is 12.0 Å². The molecule has 0 aliphatic heterocycles. The van der Waals surface area contributed by atoms with E-state index in [-0.39, 0.29) is 6.61 Å². The molecule has 1 N–H and O–H groups in total. The molecule has 0 aromatic carbocycles. The number of aromatic nitrogens is 3. The lowest BCUT2D eigenvalue weighted by Crippen LogP contribution is -2.29. The van der Waals surface area contributed by atoms with Crippen LogP contribution in [0.5, 0.6) is 5.75 Å². The van der Waals surface area contributed by atoms with Gasteiger partial charge in [-0.05, 0) is 24.8 Å². The predicted molar refractivity (Wildman–Crippen MR) is 70.9 cm³/mol. The number of aliphatic hydroxyl groups excluding tert-OH is 1. The van der Waals surface area contributed by atoms with E-state index >= 15 is 0 Å². The van der Waals surface area contributed by atoms with E-state index in [9.17, 15) is 0 Å². The minimum atomic E-state index is 0.280. The number of pyridine rings is 1. The van der Waals surface area contributed by atoms with Crippen LogP contribution in [0.1, 0.15) is 18.9 Å². The molecule has 19 heavy (non-hydrogen) atoms. The lowest BCUT2D eigenvalue weighted by atomic mass is 9.81. The second-order valence-electron chi connectivity index (χ2n) is 4.96. The number of nitrogens with zero attached hydrogens (tertiary/aromatic N) is 3. The molecule has 5 heteroatoms. The van der Waals surface area contributed by atoms with E-state index in [2.05, 4.69) is 10.1 Å². The zero-order chi connectivity index (χ0) is 13.2.